The van der Waals surface area contributed by atoms with Crippen LogP contribution in [0.5, 0.6) is 0 Å². The first kappa shape index (κ1) is 23.2. The van der Waals surface area contributed by atoms with Gasteiger partial charge < -0.3 is 20.8 Å². The summed E-state index contributed by atoms with van der Waals surface area (Å²) < 4.78 is 0. The third-order valence-electron chi connectivity index (χ3n) is 1.65. The van der Waals surface area contributed by atoms with Crippen molar-refractivity contribution in [3.63, 3.8) is 0 Å². The van der Waals surface area contributed by atoms with E-state index < -0.39 is 0 Å². The normalized spacial score (nSPS) is 13.2. The molecule has 0 unspecified atom stereocenters. The molecule has 0 bridgehead atoms. The Kier molecular flexibility index (Phi) is 20.9. The summed E-state index contributed by atoms with van der Waals surface area (Å²) in [5.41, 5.74) is 1.25. The molecule has 0 aromatic carbocycles. The third kappa shape index (κ3) is 17.1. The topological polar surface area (TPSA) is 130 Å². The molecule has 0 aliphatic heterocycles. The van der Waals surface area contributed by atoms with Crippen molar-refractivity contribution in [2.24, 2.45) is 20.6 Å². The van der Waals surface area contributed by atoms with Crippen LogP contribution in [0.1, 0.15) is 27.7 Å². The number of halogens is 2. The Bertz CT molecular complexity index is 284. The fourth-order valence-corrected chi connectivity index (χ4v) is 0.289. The molecular formula is C8H16Cl2N4O4Rh. The van der Waals surface area contributed by atoms with Gasteiger partial charge in [0.25, 0.3) is 0 Å². The quantitative estimate of drug-likeness (QED) is 0.243. The van der Waals surface area contributed by atoms with Crippen LogP contribution in [0.15, 0.2) is 20.6 Å². The first-order valence-electron chi connectivity index (χ1n) is 4.45. The van der Waals surface area contributed by atoms with Crippen LogP contribution in [-0.2, 0) is 15.1 Å². The van der Waals surface area contributed by atoms with Crippen LogP contribution < -0.4 is 0 Å². The fraction of sp³-hybridized carbons (Fsp3) is 0.500. The van der Waals surface area contributed by atoms with Gasteiger partial charge in [-0.2, -0.15) is 0 Å². The van der Waals surface area contributed by atoms with E-state index in [9.17, 15) is 0 Å². The molecule has 0 heterocycles. The predicted octanol–water partition coefficient (Wildman–Crippen LogP) is 2.75. The zero-order valence-electron chi connectivity index (χ0n) is 10.7. The average molecular weight is 406 g/mol. The molecule has 0 aromatic heterocycles. The second-order valence-corrected chi connectivity index (χ2v) is 5.28. The molecule has 11 heteroatoms. The Labute approximate surface area is 126 Å². The van der Waals surface area contributed by atoms with E-state index in [1.54, 1.807) is 0 Å². The van der Waals surface area contributed by atoms with Gasteiger partial charge in [0.2, 0.25) is 0 Å². The molecule has 0 spiro atoms. The van der Waals surface area contributed by atoms with Gasteiger partial charge in [0, 0.05) is 0 Å². The van der Waals surface area contributed by atoms with Gasteiger partial charge in [-0.3, -0.25) is 0 Å². The van der Waals surface area contributed by atoms with Gasteiger partial charge in [0.1, 0.15) is 22.8 Å². The molecule has 0 atom stereocenters. The van der Waals surface area contributed by atoms with Crippen LogP contribution in [0.3, 0.4) is 0 Å². The van der Waals surface area contributed by atoms with E-state index >= 15 is 0 Å². The Morgan fingerprint density at radius 2 is 0.737 bits per heavy atom. The van der Waals surface area contributed by atoms with Crippen molar-refractivity contribution >= 4 is 42.2 Å². The van der Waals surface area contributed by atoms with E-state index in [-0.39, 0.29) is 15.1 Å². The van der Waals surface area contributed by atoms with Gasteiger partial charge in [-0.1, -0.05) is 20.6 Å². The molecule has 115 valence electrons. The van der Waals surface area contributed by atoms with Crippen LogP contribution in [0, 0.1) is 0 Å². The minimum atomic E-state index is -0.226. The van der Waals surface area contributed by atoms with Crippen LogP contribution >= 0.6 is 19.4 Å². The van der Waals surface area contributed by atoms with Crippen molar-refractivity contribution < 1.29 is 36.0 Å². The van der Waals surface area contributed by atoms with Crippen molar-refractivity contribution in [1.82, 2.24) is 0 Å². The van der Waals surface area contributed by atoms with E-state index in [0.717, 1.165) is 0 Å². The van der Waals surface area contributed by atoms with Crippen molar-refractivity contribution in [3.05, 3.63) is 0 Å². The summed E-state index contributed by atoms with van der Waals surface area (Å²) in [6, 6.07) is 0. The molecule has 0 rings (SSSR count). The first-order chi connectivity index (χ1) is 8.85. The van der Waals surface area contributed by atoms with E-state index in [1.807, 2.05) is 0 Å². The summed E-state index contributed by atoms with van der Waals surface area (Å²) in [6.45, 7) is 6.15. The van der Waals surface area contributed by atoms with Gasteiger partial charge in [-0.05, 0) is 27.7 Å². The van der Waals surface area contributed by atoms with Gasteiger partial charge in [-0.25, -0.2) is 0 Å². The number of nitrogens with zero attached hydrogens (tertiary/aromatic N) is 4. The van der Waals surface area contributed by atoms with E-state index in [0.29, 0.717) is 22.8 Å². The Morgan fingerprint density at radius 3 is 0.789 bits per heavy atom. The predicted molar refractivity (Wildman–Crippen MR) is 71.3 cm³/mol. The summed E-state index contributed by atoms with van der Waals surface area (Å²) in [4.78, 5) is 0. The molecule has 0 fully saturated rings. The molecule has 0 aliphatic carbocycles. The maximum absolute atomic E-state index is 8.03. The average Bonchev–Trinajstić information content (AvgIpc) is 2.45. The SMILES string of the molecule is CC(=N\O)/C(C)=N/O.CC(=N\O)/C(C)=N/O.[Cl][Rh][Cl]. The summed E-state index contributed by atoms with van der Waals surface area (Å²) in [5.74, 6) is 0. The molecule has 0 saturated carbocycles. The summed E-state index contributed by atoms with van der Waals surface area (Å²) in [7, 11) is 9.67. The Morgan fingerprint density at radius 1 is 0.632 bits per heavy atom. The number of rotatable bonds is 2. The summed E-state index contributed by atoms with van der Waals surface area (Å²) in [5, 5.41) is 43.3. The van der Waals surface area contributed by atoms with Crippen molar-refractivity contribution in [1.29, 1.82) is 0 Å². The van der Waals surface area contributed by atoms with Crippen molar-refractivity contribution in [2.45, 2.75) is 27.7 Å². The number of oxime groups is 4. The maximum atomic E-state index is 8.03. The zero-order chi connectivity index (χ0) is 15.8. The Hall–Kier alpha value is -0.917. The Balaban J connectivity index is -0.000000224. The van der Waals surface area contributed by atoms with E-state index in [2.05, 4.69) is 20.6 Å². The molecule has 0 aromatic rings. The molecule has 0 saturated heterocycles. The minimum absolute atomic E-state index is 0.226. The van der Waals surface area contributed by atoms with Gasteiger partial charge >= 0.3 is 34.5 Å². The zero-order valence-corrected chi connectivity index (χ0v) is 13.8. The van der Waals surface area contributed by atoms with Crippen LogP contribution in [-0.4, -0.2) is 43.7 Å². The van der Waals surface area contributed by atoms with Crippen molar-refractivity contribution in [3.8, 4) is 0 Å². The van der Waals surface area contributed by atoms with Gasteiger partial charge in [0.15, 0.2) is 0 Å². The third-order valence-corrected chi connectivity index (χ3v) is 1.65. The summed E-state index contributed by atoms with van der Waals surface area (Å²) >= 11 is -0.226. The molecular weight excluding hydrogens is 390 g/mol. The second kappa shape index (κ2) is 17.1. The van der Waals surface area contributed by atoms with Crippen LogP contribution in [0.25, 0.3) is 0 Å². The number of hydrogen-bond donors (Lipinski definition) is 4. The molecule has 0 aliphatic rings. The molecule has 19 heavy (non-hydrogen) atoms. The van der Waals surface area contributed by atoms with Crippen LogP contribution in [0.4, 0.5) is 0 Å². The number of hydrogen-bond acceptors (Lipinski definition) is 8. The van der Waals surface area contributed by atoms with E-state index in [1.165, 1.54) is 27.7 Å². The fourth-order valence-electron chi connectivity index (χ4n) is 0.289. The molecule has 8 nitrogen and oxygen atoms in total. The molecule has 0 radical (unpaired) electrons. The van der Waals surface area contributed by atoms with Crippen LogP contribution in [0.2, 0.25) is 0 Å². The molecule has 4 N–H and O–H groups in total. The summed E-state index contributed by atoms with van der Waals surface area (Å²) in [6.07, 6.45) is 0. The monoisotopic (exact) mass is 405 g/mol. The van der Waals surface area contributed by atoms with Gasteiger partial charge in [0.05, 0.1) is 0 Å². The van der Waals surface area contributed by atoms with Crippen molar-refractivity contribution in [2.75, 3.05) is 0 Å². The molecule has 0 amide bonds. The second-order valence-electron chi connectivity index (χ2n) is 2.79. The standard InChI is InChI=1S/2C4H8N2O2.2ClH.Rh/c2*1-3(5-7)4(2)6-8;;;/h2*7-8H,1-2H3;2*1H;/q;;;;+2/p-2/b2*5-3+,6-4+;;;. The first-order valence-corrected chi connectivity index (χ1v) is 8.67. The van der Waals surface area contributed by atoms with E-state index in [4.69, 9.17) is 40.2 Å². The van der Waals surface area contributed by atoms with Gasteiger partial charge in [-0.15, -0.1) is 0 Å².